The van der Waals surface area contributed by atoms with Crippen LogP contribution in [0.1, 0.15) is 13.8 Å². The molecule has 0 unspecified atom stereocenters. The average molecular weight is 99.1 g/mol. The number of hydrogen-bond acceptors (Lipinski definition) is 1. The van der Waals surface area contributed by atoms with Crippen LogP contribution in [0.5, 0.6) is 0 Å². The fourth-order valence-electron chi connectivity index (χ4n) is 0.118. The molecule has 0 aliphatic carbocycles. The van der Waals surface area contributed by atoms with Crippen molar-refractivity contribution in [1.82, 2.24) is 0 Å². The average Bonchev–Trinajstić information content (AvgIpc) is 1.65. The quantitative estimate of drug-likeness (QED) is 0.450. The molecule has 0 amide bonds. The third kappa shape index (κ3) is 1.98. The number of allylic oxidation sites excluding steroid dienone is 1. The van der Waals surface area contributed by atoms with E-state index in [4.69, 9.17) is 0 Å². The molecular formula is C5H7O2. The molecule has 0 N–H and O–H groups in total. The SMILES string of the molecule is CC=C(C)C([O])=O. The lowest BCUT2D eigenvalue weighted by Crippen LogP contribution is -1.91. The second-order valence-corrected chi connectivity index (χ2v) is 1.26. The minimum atomic E-state index is -1.09. The Kier molecular flexibility index (Phi) is 2.12. The molecule has 0 aromatic carbocycles. The molecule has 0 aromatic rings. The first-order chi connectivity index (χ1) is 3.18. The van der Waals surface area contributed by atoms with Crippen LogP contribution in [-0.2, 0) is 9.90 Å². The van der Waals surface area contributed by atoms with E-state index in [-0.39, 0.29) is 5.57 Å². The summed E-state index contributed by atoms with van der Waals surface area (Å²) < 4.78 is 0. The first-order valence-electron chi connectivity index (χ1n) is 2.02. The van der Waals surface area contributed by atoms with Gasteiger partial charge in [-0.15, -0.1) is 0 Å². The van der Waals surface area contributed by atoms with Gasteiger partial charge in [-0.25, -0.2) is 9.90 Å². The summed E-state index contributed by atoms with van der Waals surface area (Å²) in [4.78, 5) is 9.75. The number of carbonyl (C=O) groups is 1. The van der Waals surface area contributed by atoms with Gasteiger partial charge in [0.1, 0.15) is 0 Å². The summed E-state index contributed by atoms with van der Waals surface area (Å²) in [7, 11) is 0. The summed E-state index contributed by atoms with van der Waals surface area (Å²) in [6.07, 6.45) is 1.50. The van der Waals surface area contributed by atoms with Gasteiger partial charge in [0.15, 0.2) is 0 Å². The van der Waals surface area contributed by atoms with Crippen molar-refractivity contribution in [3.63, 3.8) is 0 Å². The predicted octanol–water partition coefficient (Wildman–Crippen LogP) is 0.910. The topological polar surface area (TPSA) is 37.0 Å². The second kappa shape index (κ2) is 2.39. The highest BCUT2D eigenvalue weighted by Crippen LogP contribution is 1.88. The smallest absolute Gasteiger partial charge is 0.242 e. The molecule has 0 aliphatic rings. The normalized spacial score (nSPS) is 11.4. The van der Waals surface area contributed by atoms with Gasteiger partial charge in [-0.05, 0) is 13.8 Å². The number of carbonyl (C=O) groups excluding carboxylic acids is 1. The zero-order valence-corrected chi connectivity index (χ0v) is 4.39. The first-order valence-corrected chi connectivity index (χ1v) is 2.02. The van der Waals surface area contributed by atoms with E-state index in [9.17, 15) is 9.90 Å². The van der Waals surface area contributed by atoms with Crippen LogP contribution in [0.3, 0.4) is 0 Å². The maximum absolute atomic E-state index is 9.75. The predicted molar refractivity (Wildman–Crippen MR) is 25.1 cm³/mol. The molecule has 0 saturated heterocycles. The van der Waals surface area contributed by atoms with E-state index in [1.165, 1.54) is 13.0 Å². The first kappa shape index (κ1) is 6.21. The summed E-state index contributed by atoms with van der Waals surface area (Å²) >= 11 is 0. The molecule has 1 radical (unpaired) electrons. The Balaban J connectivity index is 3.82. The monoisotopic (exact) mass is 99.0 g/mol. The van der Waals surface area contributed by atoms with Crippen LogP contribution < -0.4 is 0 Å². The van der Waals surface area contributed by atoms with Crippen LogP contribution in [-0.4, -0.2) is 5.97 Å². The standard InChI is InChI=1S/C5H7O2/c1-3-4(2)5(6)7/h3H,1-2H3. The van der Waals surface area contributed by atoms with Crippen LogP contribution in [0.25, 0.3) is 0 Å². The highest BCUT2D eigenvalue weighted by molar-refractivity contribution is 5.85. The van der Waals surface area contributed by atoms with E-state index in [0.29, 0.717) is 0 Å². The molecule has 0 aromatic heterocycles. The molecule has 39 valence electrons. The van der Waals surface area contributed by atoms with Crippen LogP contribution >= 0.6 is 0 Å². The van der Waals surface area contributed by atoms with Crippen molar-refractivity contribution >= 4 is 5.97 Å². The van der Waals surface area contributed by atoms with Crippen LogP contribution in [0.4, 0.5) is 0 Å². The largest absolute Gasteiger partial charge is 0.381 e. The summed E-state index contributed by atoms with van der Waals surface area (Å²) in [6.45, 7) is 3.15. The minimum Gasteiger partial charge on any atom is -0.242 e. The second-order valence-electron chi connectivity index (χ2n) is 1.26. The Morgan fingerprint density at radius 1 is 1.57 bits per heavy atom. The zero-order chi connectivity index (χ0) is 5.86. The number of hydrogen-bond donors (Lipinski definition) is 0. The molecule has 0 atom stereocenters. The molecule has 0 rings (SSSR count). The van der Waals surface area contributed by atoms with Crippen molar-refractivity contribution in [2.24, 2.45) is 0 Å². The fourth-order valence-corrected chi connectivity index (χ4v) is 0.118. The Morgan fingerprint density at radius 3 is 2.00 bits per heavy atom. The maximum atomic E-state index is 9.75. The Hall–Kier alpha value is -0.790. The lowest BCUT2D eigenvalue weighted by molar-refractivity contribution is -0.138. The molecule has 0 bridgehead atoms. The van der Waals surface area contributed by atoms with Gasteiger partial charge in [-0.2, -0.15) is 0 Å². The van der Waals surface area contributed by atoms with Crippen LogP contribution in [0.15, 0.2) is 11.6 Å². The summed E-state index contributed by atoms with van der Waals surface area (Å²) in [6, 6.07) is 0. The lowest BCUT2D eigenvalue weighted by atomic mass is 10.3. The summed E-state index contributed by atoms with van der Waals surface area (Å²) in [5.41, 5.74) is 0.278. The maximum Gasteiger partial charge on any atom is 0.381 e. The highest BCUT2D eigenvalue weighted by atomic mass is 16.4. The van der Waals surface area contributed by atoms with Crippen molar-refractivity contribution in [1.29, 1.82) is 0 Å². The molecule has 0 aliphatic heterocycles. The van der Waals surface area contributed by atoms with Gasteiger partial charge in [0.05, 0.1) is 0 Å². The zero-order valence-electron chi connectivity index (χ0n) is 4.39. The van der Waals surface area contributed by atoms with Crippen molar-refractivity contribution in [3.05, 3.63) is 11.6 Å². The lowest BCUT2D eigenvalue weighted by Gasteiger charge is -1.79. The van der Waals surface area contributed by atoms with Gasteiger partial charge in [-0.1, -0.05) is 6.08 Å². The van der Waals surface area contributed by atoms with Crippen molar-refractivity contribution in [2.45, 2.75) is 13.8 Å². The molecule has 2 nitrogen and oxygen atoms in total. The third-order valence-electron chi connectivity index (χ3n) is 0.755. The van der Waals surface area contributed by atoms with Crippen molar-refractivity contribution < 1.29 is 9.90 Å². The Labute approximate surface area is 42.5 Å². The van der Waals surface area contributed by atoms with E-state index in [1.807, 2.05) is 0 Å². The molecule has 7 heavy (non-hydrogen) atoms. The van der Waals surface area contributed by atoms with Gasteiger partial charge in [-0.3, -0.25) is 0 Å². The fraction of sp³-hybridized carbons (Fsp3) is 0.400. The third-order valence-corrected chi connectivity index (χ3v) is 0.755. The van der Waals surface area contributed by atoms with E-state index in [1.54, 1.807) is 6.92 Å². The summed E-state index contributed by atoms with van der Waals surface area (Å²) in [5, 5.41) is 9.75. The van der Waals surface area contributed by atoms with Gasteiger partial charge < -0.3 is 0 Å². The summed E-state index contributed by atoms with van der Waals surface area (Å²) in [5.74, 6) is -1.09. The number of rotatable bonds is 1. The molecule has 2 heteroatoms. The molecule has 0 saturated carbocycles. The Bertz CT molecular complexity index is 103. The van der Waals surface area contributed by atoms with Crippen molar-refractivity contribution in [3.8, 4) is 0 Å². The molecular weight excluding hydrogens is 92.1 g/mol. The van der Waals surface area contributed by atoms with Gasteiger partial charge >= 0.3 is 5.97 Å². The van der Waals surface area contributed by atoms with Gasteiger partial charge in [0.2, 0.25) is 0 Å². The van der Waals surface area contributed by atoms with E-state index < -0.39 is 5.97 Å². The van der Waals surface area contributed by atoms with Gasteiger partial charge in [0, 0.05) is 5.57 Å². The van der Waals surface area contributed by atoms with Gasteiger partial charge in [0.25, 0.3) is 0 Å². The van der Waals surface area contributed by atoms with E-state index in [0.717, 1.165) is 0 Å². The van der Waals surface area contributed by atoms with E-state index >= 15 is 0 Å². The molecule has 0 heterocycles. The molecule has 0 spiro atoms. The molecule has 0 fully saturated rings. The minimum absolute atomic E-state index is 0.278. The van der Waals surface area contributed by atoms with E-state index in [2.05, 4.69) is 0 Å². The highest BCUT2D eigenvalue weighted by Gasteiger charge is 1.97. The van der Waals surface area contributed by atoms with Crippen molar-refractivity contribution in [2.75, 3.05) is 0 Å². The Morgan fingerprint density at radius 2 is 2.00 bits per heavy atom. The van der Waals surface area contributed by atoms with Crippen LogP contribution in [0.2, 0.25) is 0 Å². The van der Waals surface area contributed by atoms with Crippen LogP contribution in [0, 0.1) is 0 Å².